The molecule has 1 aliphatic rings. The molecule has 1 fully saturated rings. The maximum Gasteiger partial charge on any atom is 0.459 e. The Morgan fingerprint density at radius 3 is 2.79 bits per heavy atom. The highest BCUT2D eigenvalue weighted by molar-refractivity contribution is 7.52. The van der Waals surface area contributed by atoms with E-state index < -0.39 is 50.1 Å². The molecule has 16 heteroatoms. The molecular weight excluding hydrogens is 569 g/mol. The molecular formula is C26H33N7O8P+. The summed E-state index contributed by atoms with van der Waals surface area (Å²) in [6, 6.07) is 8.50. The van der Waals surface area contributed by atoms with E-state index >= 15 is 0 Å². The molecule has 42 heavy (non-hydrogen) atoms. The predicted molar refractivity (Wildman–Crippen MR) is 149 cm³/mol. The van der Waals surface area contributed by atoms with Crippen LogP contribution >= 0.6 is 7.75 Å². The van der Waals surface area contributed by atoms with Crippen molar-refractivity contribution in [2.45, 2.75) is 63.7 Å². The van der Waals surface area contributed by atoms with Crippen molar-refractivity contribution in [1.82, 2.24) is 19.6 Å². The van der Waals surface area contributed by atoms with Crippen LogP contribution in [0.25, 0.3) is 11.2 Å². The number of benzene rings is 1. The molecule has 1 saturated heterocycles. The van der Waals surface area contributed by atoms with E-state index in [9.17, 15) is 19.3 Å². The van der Waals surface area contributed by atoms with Crippen LogP contribution in [-0.4, -0.2) is 73.4 Å². The van der Waals surface area contributed by atoms with E-state index in [1.165, 1.54) is 6.33 Å². The van der Waals surface area contributed by atoms with Gasteiger partial charge >= 0.3 is 19.9 Å². The summed E-state index contributed by atoms with van der Waals surface area (Å²) in [5, 5.41) is 13.4. The van der Waals surface area contributed by atoms with E-state index in [2.05, 4.69) is 19.8 Å². The van der Waals surface area contributed by atoms with Gasteiger partial charge in [-0.15, -0.1) is 0 Å². The van der Waals surface area contributed by atoms with E-state index in [4.69, 9.17) is 29.8 Å². The molecule has 1 aromatic carbocycles. The quantitative estimate of drug-likeness (QED) is 0.0688. The van der Waals surface area contributed by atoms with Gasteiger partial charge in [-0.1, -0.05) is 18.2 Å². The van der Waals surface area contributed by atoms with Gasteiger partial charge < -0.3 is 24.8 Å². The number of fused-ring (bicyclic) bond motifs is 1. The third-order valence-corrected chi connectivity index (χ3v) is 7.79. The molecule has 0 bridgehead atoms. The number of imidazole rings is 1. The Labute approximate surface area is 241 Å². The monoisotopic (exact) mass is 602 g/mol. The van der Waals surface area contributed by atoms with Gasteiger partial charge in [0.2, 0.25) is 5.78 Å². The molecule has 3 heterocycles. The van der Waals surface area contributed by atoms with Gasteiger partial charge in [-0.25, -0.2) is 14.5 Å². The number of rotatable bonds is 14. The smallest absolute Gasteiger partial charge is 0.459 e. The van der Waals surface area contributed by atoms with Crippen molar-refractivity contribution >= 4 is 42.6 Å². The fourth-order valence-electron chi connectivity index (χ4n) is 4.25. The standard InChI is InChI=1S/C26H32N7O8P/c1-16(2)39-26(36)20(9-8-17(34)13-31-28)32-42(37,41-18-6-4-3-5-7-18)38-14-22-21(35)12-23(40-22)33-15-30-24-19(27)10-11-29-25(24)33/h3-7,10-11,13,15-16,20-23,27,35H,8-9,12,14H2,1-2H3,(H2-,28,32,34,37)/p+1/t20-,21+,22+,23+,42?/m0/s1. The molecule has 0 aliphatic carbocycles. The number of aromatic nitrogens is 3. The molecule has 5 N–H and O–H groups in total. The highest BCUT2D eigenvalue weighted by Crippen LogP contribution is 2.46. The maximum atomic E-state index is 14.1. The fourth-order valence-corrected chi connectivity index (χ4v) is 5.78. The summed E-state index contributed by atoms with van der Waals surface area (Å²) in [5.74, 6) is -1.11. The minimum atomic E-state index is -4.35. The van der Waals surface area contributed by atoms with Crippen molar-refractivity contribution in [3.8, 4) is 5.75 Å². The van der Waals surface area contributed by atoms with Gasteiger partial charge in [0.1, 0.15) is 29.6 Å². The minimum Gasteiger partial charge on any atom is -0.462 e. The summed E-state index contributed by atoms with van der Waals surface area (Å²) >= 11 is 0. The Morgan fingerprint density at radius 1 is 1.31 bits per heavy atom. The molecule has 0 spiro atoms. The van der Waals surface area contributed by atoms with Gasteiger partial charge in [-0.2, -0.15) is 5.09 Å². The summed E-state index contributed by atoms with van der Waals surface area (Å²) in [6.45, 7) is 2.91. The molecule has 3 aromatic rings. The zero-order chi connectivity index (χ0) is 30.3. The third kappa shape index (κ3) is 7.85. The second kappa shape index (κ2) is 13.8. The second-order valence-corrected chi connectivity index (χ2v) is 11.5. The number of carbonyl (C=O) groups is 2. The van der Waals surface area contributed by atoms with Gasteiger partial charge in [0.05, 0.1) is 41.2 Å². The van der Waals surface area contributed by atoms with Gasteiger partial charge in [-0.05, 0) is 38.5 Å². The molecule has 224 valence electrons. The number of hydrogen-bond acceptors (Lipinski definition) is 12. The average molecular weight is 603 g/mol. The maximum absolute atomic E-state index is 14.1. The number of aliphatic hydroxyl groups excluding tert-OH is 1. The number of carbonyl (C=O) groups excluding carboxylic acids is 2. The number of anilines is 1. The van der Waals surface area contributed by atoms with Crippen molar-refractivity contribution in [1.29, 1.82) is 5.53 Å². The lowest BCUT2D eigenvalue weighted by atomic mass is 10.1. The molecule has 1 aliphatic heterocycles. The minimum absolute atomic E-state index is 0.142. The van der Waals surface area contributed by atoms with Crippen molar-refractivity contribution in [3.63, 3.8) is 0 Å². The number of ketones is 1. The van der Waals surface area contributed by atoms with Crippen LogP contribution in [0, 0.1) is 5.53 Å². The van der Waals surface area contributed by atoms with E-state index in [1.54, 1.807) is 61.0 Å². The molecule has 0 amide bonds. The summed E-state index contributed by atoms with van der Waals surface area (Å²) < 4.78 is 38.4. The first-order valence-corrected chi connectivity index (χ1v) is 14.7. The van der Waals surface area contributed by atoms with E-state index in [0.29, 0.717) is 16.9 Å². The summed E-state index contributed by atoms with van der Waals surface area (Å²) in [7, 11) is -4.35. The Balaban J connectivity index is 1.52. The van der Waals surface area contributed by atoms with Crippen LogP contribution < -0.4 is 15.3 Å². The Morgan fingerprint density at radius 2 is 2.07 bits per heavy atom. The summed E-state index contributed by atoms with van der Waals surface area (Å²) in [5.41, 5.74) is 14.2. The molecule has 2 aromatic heterocycles. The highest BCUT2D eigenvalue weighted by atomic mass is 31.2. The first-order chi connectivity index (χ1) is 20.1. The van der Waals surface area contributed by atoms with Crippen LogP contribution in [0.4, 0.5) is 5.69 Å². The molecule has 5 atom stereocenters. The highest BCUT2D eigenvalue weighted by Gasteiger charge is 2.40. The normalized spacial score (nSPS) is 20.5. The second-order valence-electron chi connectivity index (χ2n) is 9.78. The molecule has 4 rings (SSSR count). The summed E-state index contributed by atoms with van der Waals surface area (Å²) in [4.78, 5) is 36.4. The van der Waals surface area contributed by atoms with Gasteiger partial charge in [0, 0.05) is 19.0 Å². The predicted octanol–water partition coefficient (Wildman–Crippen LogP) is 2.43. The topological polar surface area (TPSA) is 215 Å². The lowest BCUT2D eigenvalue weighted by Gasteiger charge is -2.26. The number of aliphatic hydroxyl groups is 1. The number of nitrogens with one attached hydrogen (secondary N) is 2. The van der Waals surface area contributed by atoms with Crippen LogP contribution in [0.2, 0.25) is 0 Å². The molecule has 0 radical (unpaired) electrons. The van der Waals surface area contributed by atoms with E-state index in [-0.39, 0.29) is 31.6 Å². The van der Waals surface area contributed by atoms with Crippen LogP contribution in [0.3, 0.4) is 0 Å². The van der Waals surface area contributed by atoms with Crippen LogP contribution in [0.5, 0.6) is 5.75 Å². The van der Waals surface area contributed by atoms with Crippen molar-refractivity contribution < 1.29 is 42.6 Å². The number of Topliss-reactive ketones (excluding diaryl/α,β-unsaturated/α-hetero) is 1. The van der Waals surface area contributed by atoms with Crippen LogP contribution in [0.1, 0.15) is 39.3 Å². The molecule has 1 unspecified atom stereocenters. The van der Waals surface area contributed by atoms with E-state index in [0.717, 1.165) is 6.21 Å². The number of esters is 1. The van der Waals surface area contributed by atoms with Crippen molar-refractivity contribution in [2.75, 3.05) is 12.3 Å². The average Bonchev–Trinajstić information content (AvgIpc) is 3.54. The number of nitrogens with two attached hydrogens (primary N) is 1. The lowest BCUT2D eigenvalue weighted by Crippen LogP contribution is -2.40. The lowest BCUT2D eigenvalue weighted by molar-refractivity contribution is -0.149. The molecule has 15 nitrogen and oxygen atoms in total. The largest absolute Gasteiger partial charge is 0.462 e. The number of para-hydroxylation sites is 1. The number of nitrogens with zero attached hydrogens (tertiary/aromatic N) is 4. The Kier molecular flexibility index (Phi) is 10.2. The van der Waals surface area contributed by atoms with E-state index in [1.807, 2.05) is 0 Å². The van der Waals surface area contributed by atoms with Crippen molar-refractivity contribution in [3.05, 3.63) is 48.9 Å². The number of nitrogen functional groups attached to an aromatic ring is 1. The zero-order valence-electron chi connectivity index (χ0n) is 23.0. The Hall–Kier alpha value is -3.97. The summed E-state index contributed by atoms with van der Waals surface area (Å²) in [6.07, 6.45) is 0.592. The van der Waals surface area contributed by atoms with Gasteiger partial charge in [-0.3, -0.25) is 18.7 Å². The molecule has 0 saturated carbocycles. The first-order valence-electron chi connectivity index (χ1n) is 13.2. The van der Waals surface area contributed by atoms with Crippen LogP contribution in [-0.2, 0) is 28.2 Å². The number of pyridine rings is 1. The fraction of sp³-hybridized carbons (Fsp3) is 0.423. The zero-order valence-corrected chi connectivity index (χ0v) is 23.9. The van der Waals surface area contributed by atoms with Gasteiger partial charge in [0.15, 0.2) is 5.65 Å². The third-order valence-electron chi connectivity index (χ3n) is 6.22. The van der Waals surface area contributed by atoms with Gasteiger partial charge in [0.25, 0.3) is 0 Å². The number of hydrogen-bond donors (Lipinski definition) is 4. The number of ether oxygens (including phenoxy) is 2. The first kappa shape index (κ1) is 31.0. The van der Waals surface area contributed by atoms with Crippen molar-refractivity contribution in [2.24, 2.45) is 0 Å². The van der Waals surface area contributed by atoms with Crippen LogP contribution in [0.15, 0.2) is 48.9 Å². The SMILES string of the molecule is CC(C)OC(=O)[C@H](CCC(=O)C=[N+]=N)NP(=O)(OC[C@H]1O[C@@H](n2cnc3c(N)ccnc32)C[C@H]1O)Oc1ccccc1. The Bertz CT molecular complexity index is 1490.